The van der Waals surface area contributed by atoms with Crippen LogP contribution in [0.4, 0.5) is 0 Å². The predicted octanol–water partition coefficient (Wildman–Crippen LogP) is 1.37. The van der Waals surface area contributed by atoms with Crippen LogP contribution < -0.4 is 0 Å². The highest BCUT2D eigenvalue weighted by Crippen LogP contribution is 2.07. The van der Waals surface area contributed by atoms with E-state index in [0.29, 0.717) is 0 Å². The number of hydrogen-bond acceptors (Lipinski definition) is 3. The molecular weight excluding hydrogens is 204 g/mol. The van der Waals surface area contributed by atoms with Gasteiger partial charge in [-0.05, 0) is 6.92 Å². The smallest absolute Gasteiger partial charge is 0.219 e. The van der Waals surface area contributed by atoms with Crippen LogP contribution in [-0.4, -0.2) is 55.2 Å². The highest BCUT2D eigenvalue weighted by Gasteiger charge is 2.20. The Morgan fingerprint density at radius 3 is 2.50 bits per heavy atom. The van der Waals surface area contributed by atoms with E-state index in [1.165, 1.54) is 0 Å². The minimum atomic E-state index is 0.118. The Morgan fingerprint density at radius 1 is 1.56 bits per heavy atom. The van der Waals surface area contributed by atoms with E-state index >= 15 is 0 Å². The Kier molecular flexibility index (Phi) is 8.03. The van der Waals surface area contributed by atoms with Crippen molar-refractivity contribution in [3.05, 3.63) is 6.42 Å². The van der Waals surface area contributed by atoms with Crippen LogP contribution in [0.2, 0.25) is 0 Å². The molecule has 0 aromatic rings. The summed E-state index contributed by atoms with van der Waals surface area (Å²) >= 11 is 0. The summed E-state index contributed by atoms with van der Waals surface area (Å²) in [7, 11) is 1.82. The molecule has 1 rings (SSSR count). The quantitative estimate of drug-likeness (QED) is 0.685. The summed E-state index contributed by atoms with van der Waals surface area (Å²) in [6.07, 6.45) is 2.21. The van der Waals surface area contributed by atoms with E-state index in [1.807, 2.05) is 34.2 Å². The molecule has 0 N–H and O–H groups in total. The first kappa shape index (κ1) is 15.3. The molecule has 1 aliphatic heterocycles. The van der Waals surface area contributed by atoms with Crippen LogP contribution in [-0.2, 0) is 9.53 Å². The standard InChI is InChI=1S/C9H18N2O2.C3H7/c1-8(12)10(3)4-5-11-6-7-13-9(11)2;1-3-2/h9H,4-7H2,1-3H3;3H,1-2H3/q;+1. The van der Waals surface area contributed by atoms with E-state index in [9.17, 15) is 4.79 Å². The van der Waals surface area contributed by atoms with Gasteiger partial charge in [0, 0.05) is 33.6 Å². The average Bonchev–Trinajstić information content (AvgIpc) is 2.61. The first-order chi connectivity index (χ1) is 7.52. The average molecular weight is 229 g/mol. The number of carbonyl (C=O) groups excluding carboxylic acids is 1. The normalized spacial score (nSPS) is 19.9. The summed E-state index contributed by atoms with van der Waals surface area (Å²) in [5.41, 5.74) is 0. The van der Waals surface area contributed by atoms with Crippen molar-refractivity contribution in [3.8, 4) is 0 Å². The topological polar surface area (TPSA) is 32.8 Å². The van der Waals surface area contributed by atoms with Crippen LogP contribution in [0.5, 0.6) is 0 Å². The van der Waals surface area contributed by atoms with Gasteiger partial charge in [-0.2, -0.15) is 0 Å². The van der Waals surface area contributed by atoms with Gasteiger partial charge in [0.1, 0.15) is 6.23 Å². The van der Waals surface area contributed by atoms with Crippen LogP contribution in [0.15, 0.2) is 0 Å². The fourth-order valence-corrected chi connectivity index (χ4v) is 1.36. The lowest BCUT2D eigenvalue weighted by Gasteiger charge is -2.22. The van der Waals surface area contributed by atoms with Crippen LogP contribution in [0.1, 0.15) is 27.7 Å². The van der Waals surface area contributed by atoms with Crippen LogP contribution in [0, 0.1) is 6.42 Å². The fraction of sp³-hybridized carbons (Fsp3) is 0.833. The summed E-state index contributed by atoms with van der Waals surface area (Å²) < 4.78 is 5.38. The lowest BCUT2D eigenvalue weighted by Crippen LogP contribution is -2.37. The SMILES string of the molecule is CC(=O)N(C)CCN1CCOC1C.C[CH+]C. The van der Waals surface area contributed by atoms with E-state index in [1.54, 1.807) is 11.8 Å². The van der Waals surface area contributed by atoms with Gasteiger partial charge >= 0.3 is 0 Å². The lowest BCUT2D eigenvalue weighted by atomic mass is 10.4. The Bertz CT molecular complexity index is 197. The van der Waals surface area contributed by atoms with Crippen LogP contribution in [0.3, 0.4) is 0 Å². The van der Waals surface area contributed by atoms with Gasteiger partial charge in [-0.3, -0.25) is 9.69 Å². The van der Waals surface area contributed by atoms with Crippen molar-refractivity contribution in [3.63, 3.8) is 0 Å². The molecule has 0 spiro atoms. The third-order valence-corrected chi connectivity index (χ3v) is 2.51. The maximum absolute atomic E-state index is 10.9. The lowest BCUT2D eigenvalue weighted by molar-refractivity contribution is -0.127. The van der Waals surface area contributed by atoms with Gasteiger partial charge in [-0.15, -0.1) is 0 Å². The molecule has 4 nitrogen and oxygen atoms in total. The van der Waals surface area contributed by atoms with Gasteiger partial charge < -0.3 is 9.64 Å². The zero-order valence-corrected chi connectivity index (χ0v) is 11.2. The van der Waals surface area contributed by atoms with Crippen molar-refractivity contribution in [2.75, 3.05) is 33.3 Å². The molecule has 1 heterocycles. The zero-order chi connectivity index (χ0) is 12.6. The molecule has 0 aliphatic carbocycles. The third kappa shape index (κ3) is 5.98. The minimum Gasteiger partial charge on any atom is -0.362 e. The van der Waals surface area contributed by atoms with Crippen molar-refractivity contribution >= 4 is 5.91 Å². The van der Waals surface area contributed by atoms with Gasteiger partial charge in [0.25, 0.3) is 0 Å². The van der Waals surface area contributed by atoms with Crippen LogP contribution in [0.25, 0.3) is 0 Å². The van der Waals surface area contributed by atoms with Gasteiger partial charge in [-0.1, -0.05) is 0 Å². The second-order valence-electron chi connectivity index (χ2n) is 4.02. The van der Waals surface area contributed by atoms with E-state index in [2.05, 4.69) is 4.90 Å². The Morgan fingerprint density at radius 2 is 2.12 bits per heavy atom. The monoisotopic (exact) mass is 229 g/mol. The molecule has 0 radical (unpaired) electrons. The molecule has 94 valence electrons. The number of amides is 1. The summed E-state index contributed by atoms with van der Waals surface area (Å²) in [5, 5.41) is 0. The van der Waals surface area contributed by atoms with Crippen molar-refractivity contribution in [1.82, 2.24) is 9.80 Å². The second kappa shape index (κ2) is 8.42. The van der Waals surface area contributed by atoms with E-state index in [0.717, 1.165) is 26.2 Å². The van der Waals surface area contributed by atoms with Gasteiger partial charge in [0.2, 0.25) is 5.91 Å². The molecule has 1 fully saturated rings. The molecule has 0 aromatic heterocycles. The summed E-state index contributed by atoms with van der Waals surface area (Å²) in [5.74, 6) is 0.118. The highest BCUT2D eigenvalue weighted by atomic mass is 16.5. The second-order valence-corrected chi connectivity index (χ2v) is 4.02. The molecular formula is C12H25N2O2+. The first-order valence-corrected chi connectivity index (χ1v) is 5.84. The summed E-state index contributed by atoms with van der Waals surface area (Å²) in [6, 6.07) is 0. The number of rotatable bonds is 3. The van der Waals surface area contributed by atoms with E-state index in [-0.39, 0.29) is 12.1 Å². The number of likely N-dealkylation sites (N-methyl/N-ethyl adjacent to an activating group) is 1. The molecule has 0 aromatic carbocycles. The maximum Gasteiger partial charge on any atom is 0.219 e. The molecule has 0 saturated carbocycles. The van der Waals surface area contributed by atoms with Gasteiger partial charge in [0.15, 0.2) is 0 Å². The van der Waals surface area contributed by atoms with E-state index in [4.69, 9.17) is 4.74 Å². The zero-order valence-electron chi connectivity index (χ0n) is 11.2. The molecule has 1 amide bonds. The number of nitrogens with zero attached hydrogens (tertiary/aromatic N) is 2. The molecule has 1 saturated heterocycles. The van der Waals surface area contributed by atoms with Gasteiger partial charge in [-0.25, -0.2) is 0 Å². The number of hydrogen-bond donors (Lipinski definition) is 0. The summed E-state index contributed by atoms with van der Waals surface area (Å²) in [4.78, 5) is 14.9. The maximum atomic E-state index is 10.9. The summed E-state index contributed by atoms with van der Waals surface area (Å²) in [6.45, 7) is 11.1. The number of ether oxygens (including phenoxy) is 1. The Labute approximate surface area is 99.5 Å². The van der Waals surface area contributed by atoms with Crippen LogP contribution >= 0.6 is 0 Å². The first-order valence-electron chi connectivity index (χ1n) is 5.84. The highest BCUT2D eigenvalue weighted by molar-refractivity contribution is 5.72. The molecule has 1 unspecified atom stereocenters. The van der Waals surface area contributed by atoms with Crippen molar-refractivity contribution < 1.29 is 9.53 Å². The molecule has 16 heavy (non-hydrogen) atoms. The largest absolute Gasteiger partial charge is 0.362 e. The Hall–Kier alpha value is -0.740. The molecule has 0 bridgehead atoms. The molecule has 1 atom stereocenters. The third-order valence-electron chi connectivity index (χ3n) is 2.51. The molecule has 4 heteroatoms. The number of carbonyl (C=O) groups is 1. The van der Waals surface area contributed by atoms with Gasteiger partial charge in [0.05, 0.1) is 26.9 Å². The fourth-order valence-electron chi connectivity index (χ4n) is 1.36. The van der Waals surface area contributed by atoms with Crippen molar-refractivity contribution in [2.45, 2.75) is 33.9 Å². The van der Waals surface area contributed by atoms with Crippen molar-refractivity contribution in [1.29, 1.82) is 0 Å². The van der Waals surface area contributed by atoms with E-state index < -0.39 is 0 Å². The minimum absolute atomic E-state index is 0.118. The van der Waals surface area contributed by atoms with Crippen molar-refractivity contribution in [2.24, 2.45) is 0 Å². The Balaban J connectivity index is 0.000000673. The predicted molar refractivity (Wildman–Crippen MR) is 65.9 cm³/mol. The molecule has 1 aliphatic rings.